The van der Waals surface area contributed by atoms with E-state index in [-0.39, 0.29) is 38.5 Å². The highest BCUT2D eigenvalue weighted by molar-refractivity contribution is 5.74. The molecule has 0 unspecified atom stereocenters. The van der Waals surface area contributed by atoms with Crippen LogP contribution in [0.15, 0.2) is 47.9 Å². The van der Waals surface area contributed by atoms with Gasteiger partial charge in [-0.1, -0.05) is 12.1 Å². The fourth-order valence-electron chi connectivity index (χ4n) is 11.9. The molecule has 8 aliphatic rings. The second-order valence-corrected chi connectivity index (χ2v) is 16.6. The van der Waals surface area contributed by atoms with Gasteiger partial charge in [0.15, 0.2) is 35.2 Å². The van der Waals surface area contributed by atoms with Gasteiger partial charge in [0.2, 0.25) is 0 Å². The van der Waals surface area contributed by atoms with E-state index < -0.39 is 46.2 Å². The molecule has 0 amide bonds. The Bertz CT molecular complexity index is 1940. The van der Waals surface area contributed by atoms with Crippen LogP contribution in [-0.4, -0.2) is 135 Å². The smallest absolute Gasteiger partial charge is 0.337 e. The summed E-state index contributed by atoms with van der Waals surface area (Å²) in [6.45, 7) is 0.895. The predicted molar refractivity (Wildman–Crippen MR) is 197 cm³/mol. The number of likely N-dealkylation sites (N-methyl/N-ethyl adjacent to an activating group) is 2. The zero-order valence-electron chi connectivity index (χ0n) is 32.1. The molecule has 4 bridgehead atoms. The van der Waals surface area contributed by atoms with Crippen LogP contribution in [0.2, 0.25) is 0 Å². The van der Waals surface area contributed by atoms with Crippen LogP contribution in [0.3, 0.4) is 0 Å². The molecule has 0 aromatic heterocycles. The topological polar surface area (TPSA) is 155 Å². The van der Waals surface area contributed by atoms with Crippen LogP contribution in [0.1, 0.15) is 47.9 Å². The number of hydrogen-bond donors (Lipinski definition) is 2. The molecule has 298 valence electrons. The Morgan fingerprint density at radius 2 is 1.14 bits per heavy atom. The number of carbonyl (C=O) groups is 2. The van der Waals surface area contributed by atoms with Gasteiger partial charge in [0.1, 0.15) is 24.7 Å². The van der Waals surface area contributed by atoms with Crippen LogP contribution in [0, 0.1) is 0 Å². The Kier molecular flexibility index (Phi) is 8.18. The number of rotatable bonds is 11. The summed E-state index contributed by atoms with van der Waals surface area (Å²) in [6.07, 6.45) is 5.44. The standard InChI is InChI=1S/C42H48N2O12/c1-43-15-13-39-33-23-5-7-25(49-3)35(33)55-37(39)27(9-11-41(39,47)29(43)19-23)53-31(45)21-51-17-18-52-22-32(46)54-28-10-12-42(48)30-20-24-6-8-26(50-4)36-34(24)40(42,38(28)56-36)14-16-44(30)2/h5-10,29-30,37-38,47-48H,11-22H2,1-4H3/t29-,30-,37+,38+,39+,40+,41-,42-/m1/s1. The van der Waals surface area contributed by atoms with E-state index in [1.165, 1.54) is 0 Å². The molecule has 0 radical (unpaired) electrons. The van der Waals surface area contributed by atoms with Crippen molar-refractivity contribution in [1.82, 2.24) is 9.80 Å². The summed E-state index contributed by atoms with van der Waals surface area (Å²) in [5.74, 6) is 1.89. The molecule has 4 heterocycles. The van der Waals surface area contributed by atoms with Gasteiger partial charge in [-0.05, 0) is 88.3 Å². The number of aliphatic hydroxyl groups is 2. The van der Waals surface area contributed by atoms with Crippen LogP contribution < -0.4 is 18.9 Å². The molecule has 2 aromatic carbocycles. The quantitative estimate of drug-likeness (QED) is 0.253. The largest absolute Gasteiger partial charge is 0.493 e. The van der Waals surface area contributed by atoms with E-state index in [1.54, 1.807) is 26.4 Å². The van der Waals surface area contributed by atoms with Gasteiger partial charge in [0, 0.05) is 36.1 Å². The Hall–Kier alpha value is -4.18. The summed E-state index contributed by atoms with van der Waals surface area (Å²) in [6, 6.07) is 7.68. The number of methoxy groups -OCH3 is 2. The average Bonchev–Trinajstić information content (AvgIpc) is 3.73. The normalized spacial score (nSPS) is 35.2. The minimum absolute atomic E-state index is 0.0302. The van der Waals surface area contributed by atoms with Crippen molar-refractivity contribution < 1.29 is 57.7 Å². The SMILES string of the molecule is COc1ccc2c3c1O[C@H]1C(OC(=O)COCCOCC(=O)OC4=CC[C@@]5(O)[C@H]6Cc7ccc(OC)c8c7[C@@]5(CCN6C)[C@H]4O8)=CC[C@@]4(O)[C@@H](C2)N(C)CC[C@]314. The van der Waals surface area contributed by atoms with Crippen LogP contribution in [0.25, 0.3) is 0 Å². The Morgan fingerprint density at radius 3 is 1.55 bits per heavy atom. The van der Waals surface area contributed by atoms with Crippen molar-refractivity contribution in [1.29, 1.82) is 0 Å². The number of likely N-dealkylation sites (tertiary alicyclic amines) is 2. The van der Waals surface area contributed by atoms with Crippen molar-refractivity contribution >= 4 is 11.9 Å². The van der Waals surface area contributed by atoms with E-state index in [0.717, 1.165) is 35.3 Å². The Balaban J connectivity index is 0.749. The lowest BCUT2D eigenvalue weighted by molar-refractivity contribution is -0.171. The van der Waals surface area contributed by atoms with E-state index in [2.05, 4.69) is 21.9 Å². The lowest BCUT2D eigenvalue weighted by Crippen LogP contribution is -2.74. The van der Waals surface area contributed by atoms with E-state index >= 15 is 0 Å². The maximum Gasteiger partial charge on any atom is 0.337 e. The van der Waals surface area contributed by atoms with Crippen LogP contribution in [-0.2, 0) is 52.2 Å². The molecular formula is C42H48N2O12. The van der Waals surface area contributed by atoms with Crippen molar-refractivity contribution in [2.45, 2.75) is 84.8 Å². The molecular weight excluding hydrogens is 724 g/mol. The number of benzene rings is 2. The number of carbonyl (C=O) groups excluding carboxylic acids is 2. The predicted octanol–water partition coefficient (Wildman–Crippen LogP) is 2.08. The zero-order valence-corrected chi connectivity index (χ0v) is 32.1. The minimum atomic E-state index is -1.10. The van der Waals surface area contributed by atoms with Crippen molar-refractivity contribution in [3.05, 3.63) is 70.2 Å². The third-order valence-electron chi connectivity index (χ3n) is 14.4. The summed E-state index contributed by atoms with van der Waals surface area (Å²) in [7, 11) is 7.27. The number of piperidine rings is 2. The monoisotopic (exact) mass is 772 g/mol. The molecule has 2 N–H and O–H groups in total. The molecule has 4 aliphatic carbocycles. The van der Waals surface area contributed by atoms with Crippen molar-refractivity contribution in [2.75, 3.05) is 67.8 Å². The molecule has 2 aromatic rings. The molecule has 14 nitrogen and oxygen atoms in total. The van der Waals surface area contributed by atoms with Gasteiger partial charge in [-0.3, -0.25) is 0 Å². The third kappa shape index (κ3) is 4.59. The second-order valence-electron chi connectivity index (χ2n) is 16.6. The first kappa shape index (κ1) is 36.2. The average molecular weight is 773 g/mol. The number of ether oxygens (including phenoxy) is 8. The van der Waals surface area contributed by atoms with E-state index in [4.69, 9.17) is 37.9 Å². The van der Waals surface area contributed by atoms with Gasteiger partial charge in [0.05, 0.1) is 49.5 Å². The van der Waals surface area contributed by atoms with Gasteiger partial charge in [-0.15, -0.1) is 0 Å². The lowest BCUT2D eigenvalue weighted by Gasteiger charge is -2.61. The molecule has 2 fully saturated rings. The maximum absolute atomic E-state index is 13.1. The maximum atomic E-state index is 13.1. The Morgan fingerprint density at radius 1 is 0.714 bits per heavy atom. The zero-order chi connectivity index (χ0) is 38.8. The van der Waals surface area contributed by atoms with Gasteiger partial charge in [-0.2, -0.15) is 0 Å². The molecule has 4 aliphatic heterocycles. The lowest BCUT2D eigenvalue weighted by atomic mass is 9.50. The highest BCUT2D eigenvalue weighted by Crippen LogP contribution is 2.67. The first-order valence-corrected chi connectivity index (χ1v) is 19.6. The van der Waals surface area contributed by atoms with E-state index in [1.807, 2.05) is 26.2 Å². The number of nitrogens with zero attached hydrogens (tertiary/aromatic N) is 2. The van der Waals surface area contributed by atoms with E-state index in [0.29, 0.717) is 73.0 Å². The molecule has 2 saturated heterocycles. The van der Waals surface area contributed by atoms with Gasteiger partial charge in [0.25, 0.3) is 0 Å². The van der Waals surface area contributed by atoms with Crippen LogP contribution >= 0.6 is 0 Å². The first-order valence-electron chi connectivity index (χ1n) is 19.6. The summed E-state index contributed by atoms with van der Waals surface area (Å²) in [5.41, 5.74) is 0.389. The van der Waals surface area contributed by atoms with Gasteiger partial charge >= 0.3 is 11.9 Å². The van der Waals surface area contributed by atoms with Gasteiger partial charge in [-0.25, -0.2) is 9.59 Å². The highest BCUT2D eigenvalue weighted by atomic mass is 16.6. The molecule has 14 heteroatoms. The minimum Gasteiger partial charge on any atom is -0.493 e. The fraction of sp³-hybridized carbons (Fsp3) is 0.571. The Labute approximate surface area is 324 Å². The number of hydrogen-bond acceptors (Lipinski definition) is 14. The van der Waals surface area contributed by atoms with Crippen molar-refractivity contribution in [2.24, 2.45) is 0 Å². The van der Waals surface area contributed by atoms with Crippen molar-refractivity contribution in [3.63, 3.8) is 0 Å². The van der Waals surface area contributed by atoms with E-state index in [9.17, 15) is 19.8 Å². The summed E-state index contributed by atoms with van der Waals surface area (Å²) in [4.78, 5) is 30.6. The second kappa shape index (κ2) is 12.7. The molecule has 0 saturated carbocycles. The van der Waals surface area contributed by atoms with Crippen molar-refractivity contribution in [3.8, 4) is 23.0 Å². The highest BCUT2D eigenvalue weighted by Gasteiger charge is 2.73. The summed E-state index contributed by atoms with van der Waals surface area (Å²) >= 11 is 0. The molecule has 56 heavy (non-hydrogen) atoms. The first-order chi connectivity index (χ1) is 27.0. The fourth-order valence-corrected chi connectivity index (χ4v) is 11.9. The molecule has 8 atom stereocenters. The van der Waals surface area contributed by atoms with Gasteiger partial charge < -0.3 is 57.9 Å². The molecule has 10 rings (SSSR count). The van der Waals surface area contributed by atoms with Crippen LogP contribution in [0.4, 0.5) is 0 Å². The summed E-state index contributed by atoms with van der Waals surface area (Å²) < 4.78 is 47.4. The third-order valence-corrected chi connectivity index (χ3v) is 14.4. The molecule has 2 spiro atoms. The number of esters is 2. The van der Waals surface area contributed by atoms with Crippen LogP contribution in [0.5, 0.6) is 23.0 Å². The summed E-state index contributed by atoms with van der Waals surface area (Å²) in [5, 5.41) is 24.8.